The van der Waals surface area contributed by atoms with Gasteiger partial charge in [-0.15, -0.1) is 0 Å². The predicted molar refractivity (Wildman–Crippen MR) is 73.9 cm³/mol. The number of amides is 1. The minimum atomic E-state index is -1.14. The fourth-order valence-corrected chi connectivity index (χ4v) is 1.75. The second-order valence-electron chi connectivity index (χ2n) is 4.36. The van der Waals surface area contributed by atoms with Crippen LogP contribution in [0.15, 0.2) is 47.3 Å². The fourth-order valence-electron chi connectivity index (χ4n) is 1.75. The van der Waals surface area contributed by atoms with Gasteiger partial charge < -0.3 is 10.4 Å². The third-order valence-electron chi connectivity index (χ3n) is 2.80. The normalized spacial score (nSPS) is 11.6. The lowest BCUT2D eigenvalue weighted by Crippen LogP contribution is -2.42. The van der Waals surface area contributed by atoms with Gasteiger partial charge in [0, 0.05) is 12.5 Å². The zero-order chi connectivity index (χ0) is 15.2. The molecule has 0 aliphatic rings. The number of benzene rings is 1. The van der Waals surface area contributed by atoms with Gasteiger partial charge in [-0.1, -0.05) is 30.3 Å². The number of aliphatic carboxylic acids is 1. The highest BCUT2D eigenvalue weighted by Crippen LogP contribution is 2.04. The van der Waals surface area contributed by atoms with Gasteiger partial charge in [0.15, 0.2) is 0 Å². The summed E-state index contributed by atoms with van der Waals surface area (Å²) in [6.45, 7) is 0. The van der Waals surface area contributed by atoms with Gasteiger partial charge in [0.1, 0.15) is 11.7 Å². The molecule has 108 valence electrons. The molecule has 0 bridgehead atoms. The van der Waals surface area contributed by atoms with Crippen LogP contribution in [-0.4, -0.2) is 33.2 Å². The van der Waals surface area contributed by atoms with Crippen LogP contribution in [0, 0.1) is 0 Å². The van der Waals surface area contributed by atoms with Gasteiger partial charge in [-0.3, -0.25) is 9.59 Å². The molecule has 7 heteroatoms. The molecule has 0 saturated carbocycles. The van der Waals surface area contributed by atoms with Gasteiger partial charge in [0.25, 0.3) is 11.5 Å². The second kappa shape index (κ2) is 6.47. The SMILES string of the molecule is O=C(NC(Cc1ccccc1)C(=O)O)c1ccc(=O)[nH]n1. The molecule has 1 atom stereocenters. The monoisotopic (exact) mass is 287 g/mol. The van der Waals surface area contributed by atoms with Crippen LogP contribution in [0.2, 0.25) is 0 Å². The smallest absolute Gasteiger partial charge is 0.326 e. The standard InChI is InChI=1S/C14H13N3O4/c18-12-7-6-10(16-17-12)13(19)15-11(14(20)21)8-9-4-2-1-3-5-9/h1-7,11H,8H2,(H,15,19)(H,17,18)(H,20,21). The van der Waals surface area contributed by atoms with Crippen molar-refractivity contribution in [2.45, 2.75) is 12.5 Å². The number of carboxylic acid groups (broad SMARTS) is 1. The Hall–Kier alpha value is -2.96. The zero-order valence-corrected chi connectivity index (χ0v) is 10.9. The summed E-state index contributed by atoms with van der Waals surface area (Å²) in [5, 5.41) is 17.2. The summed E-state index contributed by atoms with van der Waals surface area (Å²) < 4.78 is 0. The highest BCUT2D eigenvalue weighted by atomic mass is 16.4. The van der Waals surface area contributed by atoms with Crippen LogP contribution in [0.1, 0.15) is 16.1 Å². The molecule has 7 nitrogen and oxygen atoms in total. The topological polar surface area (TPSA) is 112 Å². The Morgan fingerprint density at radius 3 is 2.48 bits per heavy atom. The molecular formula is C14H13N3O4. The number of carbonyl (C=O) groups is 2. The van der Waals surface area contributed by atoms with E-state index < -0.39 is 23.5 Å². The van der Waals surface area contributed by atoms with E-state index in [4.69, 9.17) is 0 Å². The van der Waals surface area contributed by atoms with Crippen LogP contribution < -0.4 is 10.9 Å². The number of H-pyrrole nitrogens is 1. The number of carbonyl (C=O) groups excluding carboxylic acids is 1. The van der Waals surface area contributed by atoms with Crippen LogP contribution in [0.5, 0.6) is 0 Å². The largest absolute Gasteiger partial charge is 0.480 e. The number of aromatic amines is 1. The van der Waals surface area contributed by atoms with Crippen molar-refractivity contribution in [3.05, 3.63) is 64.1 Å². The molecule has 0 radical (unpaired) electrons. The zero-order valence-electron chi connectivity index (χ0n) is 10.9. The van der Waals surface area contributed by atoms with Crippen molar-refractivity contribution in [3.8, 4) is 0 Å². The van der Waals surface area contributed by atoms with E-state index >= 15 is 0 Å². The molecule has 1 unspecified atom stereocenters. The van der Waals surface area contributed by atoms with E-state index in [1.54, 1.807) is 24.3 Å². The highest BCUT2D eigenvalue weighted by Gasteiger charge is 2.21. The third kappa shape index (κ3) is 4.00. The maximum Gasteiger partial charge on any atom is 0.326 e. The second-order valence-corrected chi connectivity index (χ2v) is 4.36. The Balaban J connectivity index is 2.09. The quantitative estimate of drug-likeness (QED) is 0.727. The number of aromatic nitrogens is 2. The summed E-state index contributed by atoms with van der Waals surface area (Å²) in [6.07, 6.45) is 0.158. The molecule has 0 fully saturated rings. The van der Waals surface area contributed by atoms with E-state index in [2.05, 4.69) is 15.5 Å². The minimum absolute atomic E-state index is 0.0473. The van der Waals surface area contributed by atoms with Gasteiger partial charge >= 0.3 is 5.97 Å². The first-order chi connectivity index (χ1) is 10.1. The van der Waals surface area contributed by atoms with Crippen molar-refractivity contribution in [1.29, 1.82) is 0 Å². The van der Waals surface area contributed by atoms with Gasteiger partial charge in [-0.25, -0.2) is 9.89 Å². The van der Waals surface area contributed by atoms with Crippen molar-refractivity contribution in [3.63, 3.8) is 0 Å². The molecule has 1 amide bonds. The Kier molecular flexibility index (Phi) is 4.45. The summed E-state index contributed by atoms with van der Waals surface area (Å²) in [5.41, 5.74) is 0.305. The number of carboxylic acids is 1. The van der Waals surface area contributed by atoms with E-state index in [0.29, 0.717) is 0 Å². The van der Waals surface area contributed by atoms with Crippen molar-refractivity contribution in [2.24, 2.45) is 0 Å². The molecule has 0 saturated heterocycles. The third-order valence-corrected chi connectivity index (χ3v) is 2.80. The van der Waals surface area contributed by atoms with E-state index in [1.165, 1.54) is 6.07 Å². The average molecular weight is 287 g/mol. The van der Waals surface area contributed by atoms with Crippen molar-refractivity contribution >= 4 is 11.9 Å². The van der Waals surface area contributed by atoms with Gasteiger partial charge in [-0.05, 0) is 11.6 Å². The van der Waals surface area contributed by atoms with E-state index in [0.717, 1.165) is 11.6 Å². The Bertz CT molecular complexity index is 676. The Morgan fingerprint density at radius 2 is 1.90 bits per heavy atom. The summed E-state index contributed by atoms with van der Waals surface area (Å²) in [7, 11) is 0. The van der Waals surface area contributed by atoms with Crippen LogP contribution in [-0.2, 0) is 11.2 Å². The number of hydrogen-bond donors (Lipinski definition) is 3. The molecular weight excluding hydrogens is 274 g/mol. The molecule has 2 aromatic rings. The first-order valence-electron chi connectivity index (χ1n) is 6.19. The number of rotatable bonds is 5. The number of nitrogens with zero attached hydrogens (tertiary/aromatic N) is 1. The molecule has 1 heterocycles. The van der Waals surface area contributed by atoms with Crippen molar-refractivity contribution in [1.82, 2.24) is 15.5 Å². The maximum atomic E-state index is 11.9. The Morgan fingerprint density at radius 1 is 1.19 bits per heavy atom. The fraction of sp³-hybridized carbons (Fsp3) is 0.143. The molecule has 0 aliphatic carbocycles. The summed E-state index contributed by atoms with van der Waals surface area (Å²) >= 11 is 0. The molecule has 0 spiro atoms. The van der Waals surface area contributed by atoms with Crippen LogP contribution in [0.25, 0.3) is 0 Å². The number of nitrogens with one attached hydrogen (secondary N) is 2. The minimum Gasteiger partial charge on any atom is -0.480 e. The van der Waals surface area contributed by atoms with Gasteiger partial charge in [0.2, 0.25) is 0 Å². The molecule has 2 rings (SSSR count). The van der Waals surface area contributed by atoms with Crippen LogP contribution >= 0.6 is 0 Å². The molecule has 1 aromatic heterocycles. The molecule has 1 aromatic carbocycles. The van der Waals surface area contributed by atoms with Crippen LogP contribution in [0.4, 0.5) is 0 Å². The first kappa shape index (κ1) is 14.4. The lowest BCUT2D eigenvalue weighted by molar-refractivity contribution is -0.139. The van der Waals surface area contributed by atoms with Crippen LogP contribution in [0.3, 0.4) is 0 Å². The van der Waals surface area contributed by atoms with Gasteiger partial charge in [0.05, 0.1) is 0 Å². The summed E-state index contributed by atoms with van der Waals surface area (Å²) in [6, 6.07) is 10.3. The predicted octanol–water partition coefficient (Wildman–Crippen LogP) is 0.196. The maximum absolute atomic E-state index is 11.9. The lowest BCUT2D eigenvalue weighted by atomic mass is 10.1. The Labute approximate surface area is 119 Å². The first-order valence-corrected chi connectivity index (χ1v) is 6.19. The lowest BCUT2D eigenvalue weighted by Gasteiger charge is -2.14. The molecule has 0 aliphatic heterocycles. The van der Waals surface area contributed by atoms with E-state index in [9.17, 15) is 19.5 Å². The van der Waals surface area contributed by atoms with E-state index in [1.807, 2.05) is 6.07 Å². The number of hydrogen-bond acceptors (Lipinski definition) is 4. The molecule has 21 heavy (non-hydrogen) atoms. The average Bonchev–Trinajstić information content (AvgIpc) is 2.48. The highest BCUT2D eigenvalue weighted by molar-refractivity contribution is 5.94. The van der Waals surface area contributed by atoms with Crippen molar-refractivity contribution < 1.29 is 14.7 Å². The van der Waals surface area contributed by atoms with E-state index in [-0.39, 0.29) is 12.1 Å². The van der Waals surface area contributed by atoms with Crippen molar-refractivity contribution in [2.75, 3.05) is 0 Å². The van der Waals surface area contributed by atoms with Gasteiger partial charge in [-0.2, -0.15) is 5.10 Å². The molecule has 3 N–H and O–H groups in total. The summed E-state index contributed by atoms with van der Waals surface area (Å²) in [5.74, 6) is -1.80. The summed E-state index contributed by atoms with van der Waals surface area (Å²) in [4.78, 5) is 34.0.